The number of piperazine rings is 1. The molecule has 0 bridgehead atoms. The number of hydrogen-bond acceptors (Lipinski definition) is 3. The first-order chi connectivity index (χ1) is 7.68. The molecular formula is C11H14BrN3O. The molecule has 1 heterocycles. The van der Waals surface area contributed by atoms with Gasteiger partial charge >= 0.3 is 0 Å². The standard InChI is InChI=1S/C11H14BrN3O/c12-10-7-8(1-2-9(10)11(13)16)15-5-3-14-4-6-15/h1-2,7,14H,3-6H2,(H2,13,16). The molecule has 1 aliphatic rings. The lowest BCUT2D eigenvalue weighted by Crippen LogP contribution is -2.43. The van der Waals surface area contributed by atoms with Gasteiger partial charge in [0.2, 0.25) is 5.91 Å². The van der Waals surface area contributed by atoms with Crippen LogP contribution in [0.1, 0.15) is 10.4 Å². The highest BCUT2D eigenvalue weighted by molar-refractivity contribution is 9.10. The molecule has 0 aliphatic carbocycles. The van der Waals surface area contributed by atoms with Gasteiger partial charge < -0.3 is 16.0 Å². The largest absolute Gasteiger partial charge is 0.369 e. The van der Waals surface area contributed by atoms with Gasteiger partial charge in [-0.1, -0.05) is 0 Å². The maximum atomic E-state index is 11.1. The molecule has 3 N–H and O–H groups in total. The number of primary amides is 1. The summed E-state index contributed by atoms with van der Waals surface area (Å²) in [5, 5.41) is 3.30. The Bertz CT molecular complexity index is 402. The van der Waals surface area contributed by atoms with E-state index < -0.39 is 5.91 Å². The molecule has 0 atom stereocenters. The molecular weight excluding hydrogens is 270 g/mol. The van der Waals surface area contributed by atoms with E-state index >= 15 is 0 Å². The number of halogens is 1. The minimum absolute atomic E-state index is 0.404. The normalized spacial score (nSPS) is 16.2. The van der Waals surface area contributed by atoms with Gasteiger partial charge in [0.15, 0.2) is 0 Å². The molecule has 0 radical (unpaired) electrons. The van der Waals surface area contributed by atoms with Gasteiger partial charge in [0, 0.05) is 36.3 Å². The van der Waals surface area contributed by atoms with Crippen molar-refractivity contribution in [2.45, 2.75) is 0 Å². The molecule has 86 valence electrons. The van der Waals surface area contributed by atoms with Crippen LogP contribution in [0.3, 0.4) is 0 Å². The minimum atomic E-state index is -0.404. The van der Waals surface area contributed by atoms with E-state index in [1.807, 2.05) is 12.1 Å². The summed E-state index contributed by atoms with van der Waals surface area (Å²) in [6, 6.07) is 5.66. The van der Waals surface area contributed by atoms with Crippen LogP contribution in [0.4, 0.5) is 5.69 Å². The van der Waals surface area contributed by atoms with Crippen molar-refractivity contribution in [2.24, 2.45) is 5.73 Å². The zero-order valence-corrected chi connectivity index (χ0v) is 10.5. The molecule has 4 nitrogen and oxygen atoms in total. The van der Waals surface area contributed by atoms with Crippen LogP contribution in [0, 0.1) is 0 Å². The number of amides is 1. The third-order valence-corrected chi connectivity index (χ3v) is 3.36. The first kappa shape index (κ1) is 11.4. The number of nitrogens with one attached hydrogen (secondary N) is 1. The second-order valence-corrected chi connectivity index (χ2v) is 4.62. The summed E-state index contributed by atoms with van der Waals surface area (Å²) >= 11 is 3.37. The summed E-state index contributed by atoms with van der Waals surface area (Å²) < 4.78 is 0.760. The Labute approximate surface area is 103 Å². The van der Waals surface area contributed by atoms with Crippen LogP contribution in [-0.4, -0.2) is 32.1 Å². The number of hydrogen-bond donors (Lipinski definition) is 2. The Hall–Kier alpha value is -1.07. The number of rotatable bonds is 2. The van der Waals surface area contributed by atoms with E-state index in [1.165, 1.54) is 0 Å². The average Bonchev–Trinajstić information content (AvgIpc) is 2.29. The summed E-state index contributed by atoms with van der Waals surface area (Å²) in [6.07, 6.45) is 0. The van der Waals surface area contributed by atoms with Crippen LogP contribution in [0.15, 0.2) is 22.7 Å². The Kier molecular flexibility index (Phi) is 3.46. The lowest BCUT2D eigenvalue weighted by molar-refractivity contribution is 0.0999. The third-order valence-electron chi connectivity index (χ3n) is 2.70. The Morgan fingerprint density at radius 3 is 2.62 bits per heavy atom. The van der Waals surface area contributed by atoms with Crippen molar-refractivity contribution in [3.05, 3.63) is 28.2 Å². The molecule has 1 saturated heterocycles. The second-order valence-electron chi connectivity index (χ2n) is 3.77. The van der Waals surface area contributed by atoms with Gasteiger partial charge in [-0.15, -0.1) is 0 Å². The monoisotopic (exact) mass is 283 g/mol. The molecule has 0 aromatic heterocycles. The number of benzene rings is 1. The number of nitrogens with two attached hydrogens (primary N) is 1. The fraction of sp³-hybridized carbons (Fsp3) is 0.364. The van der Waals surface area contributed by atoms with E-state index in [0.717, 1.165) is 36.3 Å². The molecule has 1 aromatic carbocycles. The van der Waals surface area contributed by atoms with E-state index in [2.05, 4.69) is 26.1 Å². The van der Waals surface area contributed by atoms with Crippen LogP contribution < -0.4 is 16.0 Å². The molecule has 1 aliphatic heterocycles. The first-order valence-electron chi connectivity index (χ1n) is 5.23. The molecule has 2 rings (SSSR count). The maximum absolute atomic E-state index is 11.1. The summed E-state index contributed by atoms with van der Waals surface area (Å²) in [5.74, 6) is -0.404. The van der Waals surface area contributed by atoms with Crippen LogP contribution in [0.2, 0.25) is 0 Å². The van der Waals surface area contributed by atoms with Crippen LogP contribution in [0.5, 0.6) is 0 Å². The summed E-state index contributed by atoms with van der Waals surface area (Å²) in [5.41, 5.74) is 6.90. The van der Waals surface area contributed by atoms with Gasteiger partial charge in [-0.3, -0.25) is 4.79 Å². The molecule has 0 saturated carbocycles. The van der Waals surface area contributed by atoms with Crippen LogP contribution >= 0.6 is 15.9 Å². The molecule has 0 spiro atoms. The van der Waals surface area contributed by atoms with Crippen molar-refractivity contribution in [2.75, 3.05) is 31.1 Å². The van der Waals surface area contributed by atoms with Gasteiger partial charge in [0.05, 0.1) is 5.56 Å². The third kappa shape index (κ3) is 2.36. The maximum Gasteiger partial charge on any atom is 0.249 e. The summed E-state index contributed by atoms with van der Waals surface area (Å²) in [7, 11) is 0. The summed E-state index contributed by atoms with van der Waals surface area (Å²) in [6.45, 7) is 3.97. The van der Waals surface area contributed by atoms with Gasteiger partial charge in [-0.05, 0) is 34.1 Å². The van der Waals surface area contributed by atoms with Crippen molar-refractivity contribution in [3.63, 3.8) is 0 Å². The minimum Gasteiger partial charge on any atom is -0.369 e. The first-order valence-corrected chi connectivity index (χ1v) is 6.03. The van der Waals surface area contributed by atoms with E-state index in [4.69, 9.17) is 5.73 Å². The molecule has 16 heavy (non-hydrogen) atoms. The SMILES string of the molecule is NC(=O)c1ccc(N2CCNCC2)cc1Br. The topological polar surface area (TPSA) is 58.4 Å². The number of anilines is 1. The van der Waals surface area contributed by atoms with Gasteiger partial charge in [0.25, 0.3) is 0 Å². The molecule has 1 fully saturated rings. The van der Waals surface area contributed by atoms with Crippen LogP contribution in [-0.2, 0) is 0 Å². The zero-order valence-electron chi connectivity index (χ0n) is 8.87. The van der Waals surface area contributed by atoms with Crippen molar-refractivity contribution >= 4 is 27.5 Å². The van der Waals surface area contributed by atoms with Crippen molar-refractivity contribution in [1.29, 1.82) is 0 Å². The Morgan fingerprint density at radius 1 is 1.38 bits per heavy atom. The highest BCUT2D eigenvalue weighted by Gasteiger charge is 2.13. The van der Waals surface area contributed by atoms with E-state index in [0.29, 0.717) is 5.56 Å². The lowest BCUT2D eigenvalue weighted by Gasteiger charge is -2.29. The van der Waals surface area contributed by atoms with E-state index in [-0.39, 0.29) is 0 Å². The van der Waals surface area contributed by atoms with Gasteiger partial charge in [-0.2, -0.15) is 0 Å². The number of carbonyl (C=O) groups excluding carboxylic acids is 1. The number of carbonyl (C=O) groups is 1. The molecule has 1 amide bonds. The molecule has 1 aromatic rings. The predicted molar refractivity (Wildman–Crippen MR) is 67.7 cm³/mol. The fourth-order valence-corrected chi connectivity index (χ4v) is 2.39. The highest BCUT2D eigenvalue weighted by Crippen LogP contribution is 2.24. The average molecular weight is 284 g/mol. The second kappa shape index (κ2) is 4.84. The smallest absolute Gasteiger partial charge is 0.249 e. The van der Waals surface area contributed by atoms with Gasteiger partial charge in [-0.25, -0.2) is 0 Å². The molecule has 5 heteroatoms. The lowest BCUT2D eigenvalue weighted by atomic mass is 10.2. The van der Waals surface area contributed by atoms with E-state index in [9.17, 15) is 4.79 Å². The van der Waals surface area contributed by atoms with Crippen molar-refractivity contribution < 1.29 is 4.79 Å². The quantitative estimate of drug-likeness (QED) is 0.850. The fourth-order valence-electron chi connectivity index (χ4n) is 1.82. The van der Waals surface area contributed by atoms with Gasteiger partial charge in [0.1, 0.15) is 0 Å². The summed E-state index contributed by atoms with van der Waals surface area (Å²) in [4.78, 5) is 13.4. The van der Waals surface area contributed by atoms with Crippen LogP contribution in [0.25, 0.3) is 0 Å². The van der Waals surface area contributed by atoms with Crippen molar-refractivity contribution in [1.82, 2.24) is 5.32 Å². The Morgan fingerprint density at radius 2 is 2.06 bits per heavy atom. The molecule has 0 unspecified atom stereocenters. The van der Waals surface area contributed by atoms with Crippen molar-refractivity contribution in [3.8, 4) is 0 Å². The van der Waals surface area contributed by atoms with E-state index in [1.54, 1.807) is 6.07 Å². The zero-order chi connectivity index (χ0) is 11.5. The highest BCUT2D eigenvalue weighted by atomic mass is 79.9. The Balaban J connectivity index is 2.23. The predicted octanol–water partition coefficient (Wildman–Crippen LogP) is 0.958. The number of nitrogens with zero attached hydrogens (tertiary/aromatic N) is 1.